The molecule has 2 rings (SSSR count). The van der Waals surface area contributed by atoms with E-state index in [4.69, 9.17) is 4.98 Å². The number of H-pyrrole nitrogens is 1. The van der Waals surface area contributed by atoms with Gasteiger partial charge in [0.15, 0.2) is 11.6 Å². The van der Waals surface area contributed by atoms with Gasteiger partial charge in [-0.2, -0.15) is 0 Å². The van der Waals surface area contributed by atoms with E-state index < -0.39 is 0 Å². The lowest BCUT2D eigenvalue weighted by Crippen LogP contribution is -2.44. The zero-order chi connectivity index (χ0) is 26.4. The van der Waals surface area contributed by atoms with Crippen molar-refractivity contribution in [2.75, 3.05) is 40.3 Å². The SMILES string of the molecule is CCCCCCCC[N+](C)(CC)Cc1nc2c(O)c(C[N+](C)(CC)CCCCCCCC)ccc2[nH]1. The van der Waals surface area contributed by atoms with E-state index in [0.29, 0.717) is 5.75 Å². The number of hydrogen-bond donors (Lipinski definition) is 2. The molecule has 2 aromatic rings. The van der Waals surface area contributed by atoms with E-state index in [1.807, 2.05) is 0 Å². The number of imidazole rings is 1. The number of rotatable bonds is 20. The number of fused-ring (bicyclic) bond motifs is 1. The summed E-state index contributed by atoms with van der Waals surface area (Å²) in [5.74, 6) is 1.37. The Labute approximate surface area is 222 Å². The summed E-state index contributed by atoms with van der Waals surface area (Å²) in [6, 6.07) is 4.23. The van der Waals surface area contributed by atoms with Crippen molar-refractivity contribution in [2.24, 2.45) is 0 Å². The molecule has 5 heteroatoms. The van der Waals surface area contributed by atoms with Crippen LogP contribution in [0.4, 0.5) is 0 Å². The zero-order valence-electron chi connectivity index (χ0n) is 24.7. The maximum absolute atomic E-state index is 11.2. The van der Waals surface area contributed by atoms with Crippen LogP contribution < -0.4 is 0 Å². The third kappa shape index (κ3) is 9.70. The number of phenols is 1. The molecule has 0 aliphatic carbocycles. The van der Waals surface area contributed by atoms with Crippen molar-refractivity contribution in [3.63, 3.8) is 0 Å². The minimum Gasteiger partial charge on any atom is -0.505 e. The van der Waals surface area contributed by atoms with E-state index in [9.17, 15) is 5.11 Å². The van der Waals surface area contributed by atoms with E-state index in [0.717, 1.165) is 64.1 Å². The van der Waals surface area contributed by atoms with Gasteiger partial charge in [-0.3, -0.25) is 0 Å². The fourth-order valence-electron chi connectivity index (χ4n) is 5.37. The molecule has 0 amide bonds. The van der Waals surface area contributed by atoms with Gasteiger partial charge in [-0.05, 0) is 51.7 Å². The quantitative estimate of drug-likeness (QED) is 0.143. The van der Waals surface area contributed by atoms with Gasteiger partial charge in [-0.1, -0.05) is 65.2 Å². The highest BCUT2D eigenvalue weighted by Gasteiger charge is 2.25. The minimum atomic E-state index is 0.373. The van der Waals surface area contributed by atoms with Gasteiger partial charge in [-0.25, -0.2) is 4.98 Å². The molecule has 0 bridgehead atoms. The topological polar surface area (TPSA) is 48.9 Å². The number of aromatic amines is 1. The highest BCUT2D eigenvalue weighted by molar-refractivity contribution is 5.83. The van der Waals surface area contributed by atoms with Gasteiger partial charge in [0.25, 0.3) is 0 Å². The Hall–Kier alpha value is -1.59. The molecule has 0 saturated carbocycles. The second kappa shape index (κ2) is 15.6. The molecule has 1 aromatic carbocycles. The Morgan fingerprint density at radius 2 is 1.19 bits per heavy atom. The van der Waals surface area contributed by atoms with Crippen molar-refractivity contribution < 1.29 is 14.1 Å². The van der Waals surface area contributed by atoms with Gasteiger partial charge < -0.3 is 19.1 Å². The first-order valence-corrected chi connectivity index (χ1v) is 15.2. The molecule has 0 saturated heterocycles. The number of aromatic nitrogens is 2. The summed E-state index contributed by atoms with van der Waals surface area (Å²) in [7, 11) is 4.68. The lowest BCUT2D eigenvalue weighted by molar-refractivity contribution is -0.921. The normalized spacial score (nSPS) is 15.3. The molecule has 1 aromatic heterocycles. The van der Waals surface area contributed by atoms with Gasteiger partial charge >= 0.3 is 0 Å². The van der Waals surface area contributed by atoms with Crippen molar-refractivity contribution in [3.05, 3.63) is 23.5 Å². The van der Waals surface area contributed by atoms with Crippen LogP contribution in [0.3, 0.4) is 0 Å². The maximum Gasteiger partial charge on any atom is 0.162 e. The lowest BCUT2D eigenvalue weighted by atomic mass is 10.1. The second-order valence-electron chi connectivity index (χ2n) is 11.8. The number of nitrogens with one attached hydrogen (secondary N) is 1. The number of quaternary nitrogens is 2. The summed E-state index contributed by atoms with van der Waals surface area (Å²) in [6.07, 6.45) is 15.9. The van der Waals surface area contributed by atoms with Crippen LogP contribution in [0.15, 0.2) is 12.1 Å². The smallest absolute Gasteiger partial charge is 0.162 e. The van der Waals surface area contributed by atoms with E-state index in [1.165, 1.54) is 83.6 Å². The van der Waals surface area contributed by atoms with Crippen LogP contribution in [-0.4, -0.2) is 64.3 Å². The molecule has 206 valence electrons. The van der Waals surface area contributed by atoms with Crippen LogP contribution >= 0.6 is 0 Å². The van der Waals surface area contributed by atoms with Crippen molar-refractivity contribution in [2.45, 2.75) is 118 Å². The summed E-state index contributed by atoms with van der Waals surface area (Å²) in [5, 5.41) is 11.2. The first kappa shape index (κ1) is 30.6. The monoisotopic (exact) mass is 502 g/mol. The number of phenolic OH excluding ortho intramolecular Hbond substituents is 1. The standard InChI is InChI=1S/C31H57N4O/c1-7-11-13-15-17-19-23-34(5,9-3)25-27-21-22-28-30(31(27)36)33-29(32-28)26-35(6,10-4)24-20-18-16-14-12-8-2/h21-22H,7-20,23-26H2,1-6H3,(H-,32,33,36)/q+1/p+1. The predicted molar refractivity (Wildman–Crippen MR) is 155 cm³/mol. The molecular weight excluding hydrogens is 444 g/mol. The average molecular weight is 503 g/mol. The van der Waals surface area contributed by atoms with E-state index >= 15 is 0 Å². The average Bonchev–Trinajstić information content (AvgIpc) is 3.28. The van der Waals surface area contributed by atoms with Crippen LogP contribution in [-0.2, 0) is 13.1 Å². The van der Waals surface area contributed by atoms with Crippen LogP contribution in [0.2, 0.25) is 0 Å². The molecule has 2 N–H and O–H groups in total. The Balaban J connectivity index is 2.01. The molecule has 0 spiro atoms. The minimum absolute atomic E-state index is 0.373. The summed E-state index contributed by atoms with van der Waals surface area (Å²) in [6.45, 7) is 15.3. The molecule has 0 radical (unpaired) electrons. The van der Waals surface area contributed by atoms with Gasteiger partial charge in [0.05, 0.1) is 51.4 Å². The molecular formula is C31H58N4O+2. The number of unbranched alkanes of at least 4 members (excludes halogenated alkanes) is 10. The summed E-state index contributed by atoms with van der Waals surface area (Å²) in [5.41, 5.74) is 2.72. The van der Waals surface area contributed by atoms with Crippen LogP contribution in [0, 0.1) is 0 Å². The zero-order valence-corrected chi connectivity index (χ0v) is 24.7. The number of nitrogens with zero attached hydrogens (tertiary/aromatic N) is 3. The molecule has 0 fully saturated rings. The molecule has 36 heavy (non-hydrogen) atoms. The van der Waals surface area contributed by atoms with Crippen LogP contribution in [0.5, 0.6) is 5.75 Å². The fourth-order valence-corrected chi connectivity index (χ4v) is 5.37. The lowest BCUT2D eigenvalue weighted by Gasteiger charge is -2.34. The molecule has 2 atom stereocenters. The van der Waals surface area contributed by atoms with E-state index in [1.54, 1.807) is 0 Å². The van der Waals surface area contributed by atoms with E-state index in [-0.39, 0.29) is 0 Å². The predicted octanol–water partition coefficient (Wildman–Crippen LogP) is 7.92. The number of hydrogen-bond acceptors (Lipinski definition) is 2. The highest BCUT2D eigenvalue weighted by Crippen LogP contribution is 2.30. The Kier molecular flexibility index (Phi) is 13.3. The Bertz CT molecular complexity index is 879. The maximum atomic E-state index is 11.2. The molecule has 0 aliphatic heterocycles. The molecule has 2 unspecified atom stereocenters. The number of aromatic hydroxyl groups is 1. The summed E-state index contributed by atoms with van der Waals surface area (Å²) >= 11 is 0. The molecule has 1 heterocycles. The van der Waals surface area contributed by atoms with Gasteiger partial charge in [0.2, 0.25) is 0 Å². The Morgan fingerprint density at radius 3 is 1.72 bits per heavy atom. The van der Waals surface area contributed by atoms with Gasteiger partial charge in [-0.15, -0.1) is 0 Å². The first-order valence-electron chi connectivity index (χ1n) is 15.2. The third-order valence-corrected chi connectivity index (χ3v) is 8.47. The highest BCUT2D eigenvalue weighted by atomic mass is 16.3. The van der Waals surface area contributed by atoms with Crippen molar-refractivity contribution in [1.29, 1.82) is 0 Å². The second-order valence-corrected chi connectivity index (χ2v) is 11.8. The van der Waals surface area contributed by atoms with Crippen molar-refractivity contribution >= 4 is 11.0 Å². The van der Waals surface area contributed by atoms with Gasteiger partial charge in [0, 0.05) is 0 Å². The van der Waals surface area contributed by atoms with E-state index in [2.05, 4.69) is 58.9 Å². The Morgan fingerprint density at radius 1 is 0.694 bits per heavy atom. The van der Waals surface area contributed by atoms with Gasteiger partial charge in [0.1, 0.15) is 18.6 Å². The van der Waals surface area contributed by atoms with Crippen LogP contribution in [0.1, 0.15) is 116 Å². The molecule has 0 aliphatic rings. The summed E-state index contributed by atoms with van der Waals surface area (Å²) in [4.78, 5) is 8.42. The first-order chi connectivity index (χ1) is 17.3. The van der Waals surface area contributed by atoms with Crippen molar-refractivity contribution in [3.8, 4) is 5.75 Å². The van der Waals surface area contributed by atoms with Crippen LogP contribution in [0.25, 0.3) is 11.0 Å². The van der Waals surface area contributed by atoms with Crippen molar-refractivity contribution in [1.82, 2.24) is 9.97 Å². The third-order valence-electron chi connectivity index (χ3n) is 8.47. The largest absolute Gasteiger partial charge is 0.505 e. The summed E-state index contributed by atoms with van der Waals surface area (Å²) < 4.78 is 1.96. The molecule has 5 nitrogen and oxygen atoms in total. The fraction of sp³-hybridized carbons (Fsp3) is 0.774. The number of benzene rings is 1.